The van der Waals surface area contributed by atoms with E-state index in [4.69, 9.17) is 9.47 Å². The summed E-state index contributed by atoms with van der Waals surface area (Å²) in [6, 6.07) is 2.85. The number of nitrogens with zero attached hydrogens (tertiary/aromatic N) is 2. The molecule has 1 fully saturated rings. The summed E-state index contributed by atoms with van der Waals surface area (Å²) in [5.74, 6) is 0.402. The van der Waals surface area contributed by atoms with Crippen molar-refractivity contribution in [3.05, 3.63) is 17.7 Å². The van der Waals surface area contributed by atoms with E-state index in [0.717, 1.165) is 25.9 Å². The summed E-state index contributed by atoms with van der Waals surface area (Å²) in [4.78, 5) is 17.1. The Balaban J connectivity index is 1.91. The number of carbonyl (C=O) groups is 1. The van der Waals surface area contributed by atoms with Gasteiger partial charge >= 0.3 is 0 Å². The van der Waals surface area contributed by atoms with Crippen LogP contribution >= 0.6 is 0 Å². The molecule has 0 bridgehead atoms. The van der Waals surface area contributed by atoms with E-state index < -0.39 is 10.0 Å². The van der Waals surface area contributed by atoms with Crippen LogP contribution in [0, 0.1) is 0 Å². The van der Waals surface area contributed by atoms with Gasteiger partial charge in [0.1, 0.15) is 13.2 Å². The van der Waals surface area contributed by atoms with Crippen molar-refractivity contribution < 1.29 is 22.7 Å². The van der Waals surface area contributed by atoms with Crippen LogP contribution in [0.5, 0.6) is 11.5 Å². The molecule has 1 aromatic carbocycles. The van der Waals surface area contributed by atoms with Gasteiger partial charge in [-0.05, 0) is 18.9 Å². The van der Waals surface area contributed by atoms with E-state index in [9.17, 15) is 13.2 Å². The van der Waals surface area contributed by atoms with Gasteiger partial charge in [0.05, 0.1) is 10.5 Å². The van der Waals surface area contributed by atoms with Crippen LogP contribution in [-0.2, 0) is 10.0 Å². The Bertz CT molecular complexity index is 802. The highest BCUT2D eigenvalue weighted by atomic mass is 32.2. The first kappa shape index (κ1) is 20.9. The number of nitrogens with one attached hydrogen (secondary N) is 1. The molecule has 0 radical (unpaired) electrons. The van der Waals surface area contributed by atoms with Gasteiger partial charge in [0, 0.05) is 45.3 Å². The lowest BCUT2D eigenvalue weighted by Gasteiger charge is -2.26. The number of benzene rings is 1. The third-order valence-electron chi connectivity index (χ3n) is 4.69. The smallest absolute Gasteiger partial charge is 0.257 e. The molecule has 9 heteroatoms. The van der Waals surface area contributed by atoms with Crippen molar-refractivity contribution in [1.82, 2.24) is 14.5 Å². The van der Waals surface area contributed by atoms with Gasteiger partial charge in [0.2, 0.25) is 10.0 Å². The minimum absolute atomic E-state index is 0.0267. The van der Waals surface area contributed by atoms with E-state index in [1.807, 2.05) is 13.8 Å². The van der Waals surface area contributed by atoms with Crippen LogP contribution in [0.4, 0.5) is 0 Å². The molecule has 2 aliphatic heterocycles. The van der Waals surface area contributed by atoms with Crippen molar-refractivity contribution in [3.63, 3.8) is 0 Å². The summed E-state index contributed by atoms with van der Waals surface area (Å²) >= 11 is 0. The molecule has 156 valence electrons. The van der Waals surface area contributed by atoms with Gasteiger partial charge < -0.3 is 14.4 Å². The van der Waals surface area contributed by atoms with E-state index in [1.165, 1.54) is 12.1 Å². The van der Waals surface area contributed by atoms with Crippen molar-refractivity contribution in [2.75, 3.05) is 52.5 Å². The van der Waals surface area contributed by atoms with Crippen LogP contribution in [-0.4, -0.2) is 76.6 Å². The second kappa shape index (κ2) is 9.11. The number of ether oxygens (including phenoxy) is 2. The summed E-state index contributed by atoms with van der Waals surface area (Å²) in [5, 5.41) is 0. The third kappa shape index (κ3) is 4.95. The Morgan fingerprint density at radius 2 is 1.82 bits per heavy atom. The third-order valence-corrected chi connectivity index (χ3v) is 6.13. The van der Waals surface area contributed by atoms with Gasteiger partial charge in [-0.15, -0.1) is 0 Å². The van der Waals surface area contributed by atoms with Crippen LogP contribution in [0.2, 0.25) is 0 Å². The number of sulfonamides is 1. The summed E-state index contributed by atoms with van der Waals surface area (Å²) < 4.78 is 39.4. The van der Waals surface area contributed by atoms with E-state index in [2.05, 4.69) is 9.62 Å². The first-order valence-electron chi connectivity index (χ1n) is 9.91. The highest BCUT2D eigenvalue weighted by Crippen LogP contribution is 2.37. The van der Waals surface area contributed by atoms with Crippen LogP contribution in [0.15, 0.2) is 17.0 Å². The van der Waals surface area contributed by atoms with Crippen molar-refractivity contribution in [1.29, 1.82) is 0 Å². The van der Waals surface area contributed by atoms with E-state index >= 15 is 0 Å². The number of carbonyl (C=O) groups excluding carboxylic acids is 1. The van der Waals surface area contributed by atoms with E-state index in [-0.39, 0.29) is 16.4 Å². The van der Waals surface area contributed by atoms with Crippen LogP contribution < -0.4 is 14.2 Å². The predicted octanol–water partition coefficient (Wildman–Crippen LogP) is 1.31. The van der Waals surface area contributed by atoms with Gasteiger partial charge in [-0.25, -0.2) is 13.1 Å². The van der Waals surface area contributed by atoms with Gasteiger partial charge in [0.15, 0.2) is 11.5 Å². The predicted molar refractivity (Wildman–Crippen MR) is 106 cm³/mol. The Morgan fingerprint density at radius 1 is 1.14 bits per heavy atom. The van der Waals surface area contributed by atoms with Gasteiger partial charge in [-0.3, -0.25) is 9.69 Å². The van der Waals surface area contributed by atoms with Crippen molar-refractivity contribution >= 4 is 15.9 Å². The maximum Gasteiger partial charge on any atom is 0.257 e. The second-order valence-electron chi connectivity index (χ2n) is 7.03. The molecular weight excluding hydrogens is 382 g/mol. The maximum absolute atomic E-state index is 13.2. The topological polar surface area (TPSA) is 88.0 Å². The number of hydrogen-bond donors (Lipinski definition) is 1. The number of fused-ring (bicyclic) bond motifs is 1. The van der Waals surface area contributed by atoms with E-state index in [0.29, 0.717) is 50.9 Å². The summed E-state index contributed by atoms with van der Waals surface area (Å²) in [6.45, 7) is 8.89. The number of rotatable bonds is 10. The lowest BCUT2D eigenvalue weighted by Crippen LogP contribution is -2.34. The fourth-order valence-corrected chi connectivity index (χ4v) is 4.25. The van der Waals surface area contributed by atoms with Crippen LogP contribution in [0.25, 0.3) is 0 Å². The minimum Gasteiger partial charge on any atom is -0.486 e. The molecule has 1 N–H and O–H groups in total. The molecule has 2 aliphatic rings. The van der Waals surface area contributed by atoms with Gasteiger partial charge in [-0.1, -0.05) is 13.8 Å². The molecule has 8 nitrogen and oxygen atoms in total. The largest absolute Gasteiger partial charge is 0.486 e. The minimum atomic E-state index is -3.75. The summed E-state index contributed by atoms with van der Waals surface area (Å²) in [7, 11) is -3.75. The van der Waals surface area contributed by atoms with Gasteiger partial charge in [-0.2, -0.15) is 0 Å². The molecule has 28 heavy (non-hydrogen) atoms. The second-order valence-corrected chi connectivity index (χ2v) is 8.79. The highest BCUT2D eigenvalue weighted by Gasteiger charge is 2.28. The zero-order valence-corrected chi connectivity index (χ0v) is 17.4. The molecule has 0 spiro atoms. The molecular formula is C19H29N3O5S. The van der Waals surface area contributed by atoms with Crippen molar-refractivity contribution in [3.8, 4) is 11.5 Å². The molecule has 1 saturated heterocycles. The van der Waals surface area contributed by atoms with Crippen molar-refractivity contribution in [2.45, 2.75) is 31.6 Å². The Kier molecular flexibility index (Phi) is 6.79. The first-order chi connectivity index (χ1) is 13.5. The molecule has 3 rings (SSSR count). The standard InChI is InChI=1S/C19H29N3O5S/c1-3-6-22(7-4-2)19(23)16-13-15(14-17-18(16)27-12-11-26-17)28(24,25)20-5-8-21-9-10-21/h13-14,20H,3-12H2,1-2H3. The molecule has 0 unspecified atom stereocenters. The quantitative estimate of drug-likeness (QED) is 0.584. The van der Waals surface area contributed by atoms with Crippen molar-refractivity contribution in [2.24, 2.45) is 0 Å². The Morgan fingerprint density at radius 3 is 2.46 bits per heavy atom. The van der Waals surface area contributed by atoms with Crippen LogP contribution in [0.1, 0.15) is 37.0 Å². The molecule has 0 atom stereocenters. The van der Waals surface area contributed by atoms with E-state index in [1.54, 1.807) is 4.90 Å². The molecule has 0 aromatic heterocycles. The normalized spacial score (nSPS) is 16.1. The fraction of sp³-hybridized carbons (Fsp3) is 0.632. The monoisotopic (exact) mass is 411 g/mol. The zero-order valence-electron chi connectivity index (χ0n) is 16.6. The fourth-order valence-electron chi connectivity index (χ4n) is 3.18. The average Bonchev–Trinajstić information content (AvgIpc) is 3.50. The molecule has 1 aromatic rings. The maximum atomic E-state index is 13.2. The SMILES string of the molecule is CCCN(CCC)C(=O)c1cc(S(=O)(=O)NCCN2CC2)cc2c1OCCO2. The molecule has 1 amide bonds. The lowest BCUT2D eigenvalue weighted by molar-refractivity contribution is 0.0744. The summed E-state index contributed by atoms with van der Waals surface area (Å²) in [5.41, 5.74) is 0.241. The van der Waals surface area contributed by atoms with Crippen LogP contribution in [0.3, 0.4) is 0 Å². The van der Waals surface area contributed by atoms with Gasteiger partial charge in [0.25, 0.3) is 5.91 Å². The average molecular weight is 412 g/mol. The number of amides is 1. The molecule has 0 saturated carbocycles. The number of hydrogen-bond acceptors (Lipinski definition) is 6. The molecule has 2 heterocycles. The first-order valence-corrected chi connectivity index (χ1v) is 11.4. The lowest BCUT2D eigenvalue weighted by atomic mass is 10.1. The Hall–Kier alpha value is -1.84. The summed E-state index contributed by atoms with van der Waals surface area (Å²) in [6.07, 6.45) is 1.64. The molecule has 0 aliphatic carbocycles. The Labute approximate surface area is 166 Å². The zero-order chi connectivity index (χ0) is 20.1. The highest BCUT2D eigenvalue weighted by molar-refractivity contribution is 7.89.